The summed E-state index contributed by atoms with van der Waals surface area (Å²) < 4.78 is 10.7. The van der Waals surface area contributed by atoms with Gasteiger partial charge in [0.1, 0.15) is 5.57 Å². The normalized spacial score (nSPS) is 16.6. The first-order chi connectivity index (χ1) is 14.0. The van der Waals surface area contributed by atoms with Crippen LogP contribution in [0, 0.1) is 0 Å². The van der Waals surface area contributed by atoms with Gasteiger partial charge in [-0.15, -0.1) is 0 Å². The van der Waals surface area contributed by atoms with Crippen molar-refractivity contribution < 1.29 is 24.2 Å². The number of hydrogen-bond donors (Lipinski definition) is 1. The quantitative estimate of drug-likeness (QED) is 0.180. The van der Waals surface area contributed by atoms with E-state index in [0.717, 1.165) is 19.3 Å². The molecule has 0 saturated heterocycles. The molecule has 0 amide bonds. The van der Waals surface area contributed by atoms with Crippen molar-refractivity contribution in [2.24, 2.45) is 0 Å². The van der Waals surface area contributed by atoms with E-state index in [-0.39, 0.29) is 29.8 Å². The number of carbonyl (C=O) groups is 2. The first-order valence-electron chi connectivity index (χ1n) is 11.8. The predicted octanol–water partition coefficient (Wildman–Crippen LogP) is 5.63. The van der Waals surface area contributed by atoms with Gasteiger partial charge in [-0.25, -0.2) is 4.79 Å². The molecule has 1 aliphatic rings. The number of cyclic esters (lactones) is 1. The van der Waals surface area contributed by atoms with Gasteiger partial charge in [0.05, 0.1) is 12.7 Å². The Morgan fingerprint density at radius 3 is 1.86 bits per heavy atom. The van der Waals surface area contributed by atoms with Crippen LogP contribution < -0.4 is 0 Å². The lowest BCUT2D eigenvalue weighted by molar-refractivity contribution is -0.142. The molecule has 0 aromatic heterocycles. The SMILES string of the molecule is CCCCCCCCCCCCCCCC(=O)C1=C(OC(C)C)C(CO)OC1=O. The molecule has 0 aromatic rings. The van der Waals surface area contributed by atoms with E-state index in [2.05, 4.69) is 6.92 Å². The first-order valence-corrected chi connectivity index (χ1v) is 11.8. The molecule has 29 heavy (non-hydrogen) atoms. The molecule has 1 N–H and O–H groups in total. The van der Waals surface area contributed by atoms with Crippen LogP contribution in [-0.2, 0) is 19.1 Å². The summed E-state index contributed by atoms with van der Waals surface area (Å²) in [6.45, 7) is 5.52. The fraction of sp³-hybridized carbons (Fsp3) is 0.833. The molecular formula is C24H42O5. The fourth-order valence-electron chi connectivity index (χ4n) is 3.69. The number of ketones is 1. The van der Waals surface area contributed by atoms with Gasteiger partial charge >= 0.3 is 5.97 Å². The predicted molar refractivity (Wildman–Crippen MR) is 116 cm³/mol. The third-order valence-corrected chi connectivity index (χ3v) is 5.31. The maximum Gasteiger partial charge on any atom is 0.346 e. The van der Waals surface area contributed by atoms with E-state index < -0.39 is 12.1 Å². The van der Waals surface area contributed by atoms with Gasteiger partial charge in [-0.3, -0.25) is 4.79 Å². The fourth-order valence-corrected chi connectivity index (χ4v) is 3.69. The average molecular weight is 411 g/mol. The molecule has 0 radical (unpaired) electrons. The highest BCUT2D eigenvalue weighted by molar-refractivity contribution is 6.19. The topological polar surface area (TPSA) is 72.8 Å². The molecule has 0 fully saturated rings. The number of ether oxygens (including phenoxy) is 2. The van der Waals surface area contributed by atoms with Gasteiger partial charge in [0.25, 0.3) is 0 Å². The number of esters is 1. The van der Waals surface area contributed by atoms with Crippen molar-refractivity contribution in [2.45, 2.75) is 123 Å². The summed E-state index contributed by atoms with van der Waals surface area (Å²) >= 11 is 0. The molecule has 1 rings (SSSR count). The van der Waals surface area contributed by atoms with Crippen LogP contribution in [0.5, 0.6) is 0 Å². The van der Waals surface area contributed by atoms with Crippen molar-refractivity contribution in [3.8, 4) is 0 Å². The number of hydrogen-bond acceptors (Lipinski definition) is 5. The Kier molecular flexibility index (Phi) is 13.7. The minimum absolute atomic E-state index is 0.00307. The van der Waals surface area contributed by atoms with Gasteiger partial charge in [-0.05, 0) is 20.3 Å². The van der Waals surface area contributed by atoms with Gasteiger partial charge in [0, 0.05) is 6.42 Å². The Morgan fingerprint density at radius 2 is 1.41 bits per heavy atom. The van der Waals surface area contributed by atoms with Gasteiger partial charge in [0.15, 0.2) is 17.6 Å². The Balaban J connectivity index is 2.16. The van der Waals surface area contributed by atoms with E-state index in [4.69, 9.17) is 9.47 Å². The number of Topliss-reactive ketones (excluding diaryl/α,β-unsaturated/α-hetero) is 1. The summed E-state index contributed by atoms with van der Waals surface area (Å²) in [5, 5.41) is 9.36. The summed E-state index contributed by atoms with van der Waals surface area (Å²) in [5.41, 5.74) is -0.00307. The molecular weight excluding hydrogens is 368 g/mol. The lowest BCUT2D eigenvalue weighted by Gasteiger charge is -2.15. The number of aliphatic hydroxyl groups is 1. The Labute approximate surface area is 177 Å². The van der Waals surface area contributed by atoms with Crippen LogP contribution in [0.3, 0.4) is 0 Å². The van der Waals surface area contributed by atoms with E-state index >= 15 is 0 Å². The summed E-state index contributed by atoms with van der Waals surface area (Å²) in [7, 11) is 0. The van der Waals surface area contributed by atoms with Crippen molar-refractivity contribution >= 4 is 11.8 Å². The van der Waals surface area contributed by atoms with E-state index in [0.29, 0.717) is 6.42 Å². The highest BCUT2D eigenvalue weighted by Gasteiger charge is 2.39. The third kappa shape index (κ3) is 10.3. The largest absolute Gasteiger partial charge is 0.490 e. The molecule has 0 aliphatic carbocycles. The summed E-state index contributed by atoms with van der Waals surface area (Å²) in [5.74, 6) is -0.698. The highest BCUT2D eigenvalue weighted by Crippen LogP contribution is 2.27. The van der Waals surface area contributed by atoms with Gasteiger partial charge in [-0.2, -0.15) is 0 Å². The second-order valence-electron chi connectivity index (χ2n) is 8.40. The zero-order chi connectivity index (χ0) is 21.5. The van der Waals surface area contributed by atoms with Crippen LogP contribution in [0.4, 0.5) is 0 Å². The van der Waals surface area contributed by atoms with Gasteiger partial charge in [-0.1, -0.05) is 84.0 Å². The van der Waals surface area contributed by atoms with Crippen LogP contribution in [0.25, 0.3) is 0 Å². The highest BCUT2D eigenvalue weighted by atomic mass is 16.6. The summed E-state index contributed by atoms with van der Waals surface area (Å²) in [6.07, 6.45) is 15.5. The molecule has 1 atom stereocenters. The third-order valence-electron chi connectivity index (χ3n) is 5.31. The van der Waals surface area contributed by atoms with Crippen molar-refractivity contribution in [1.29, 1.82) is 0 Å². The first kappa shape index (κ1) is 25.7. The molecule has 168 valence electrons. The van der Waals surface area contributed by atoms with E-state index in [1.165, 1.54) is 64.2 Å². The summed E-state index contributed by atoms with van der Waals surface area (Å²) in [4.78, 5) is 24.5. The van der Waals surface area contributed by atoms with Gasteiger partial charge in [0.2, 0.25) is 0 Å². The molecule has 1 aliphatic heterocycles. The van der Waals surface area contributed by atoms with Crippen LogP contribution in [0.2, 0.25) is 0 Å². The molecule has 5 heteroatoms. The zero-order valence-corrected chi connectivity index (χ0v) is 18.8. The molecule has 1 unspecified atom stereocenters. The zero-order valence-electron chi connectivity index (χ0n) is 18.8. The maximum atomic E-state index is 12.5. The molecule has 0 spiro atoms. The Bertz CT molecular complexity index is 509. The molecule has 0 saturated carbocycles. The molecule has 0 aromatic carbocycles. The standard InChI is InChI=1S/C24H42O5/c1-4-5-6-7-8-9-10-11-12-13-14-15-16-17-20(26)22-23(28-19(2)3)21(18-25)29-24(22)27/h19,21,25H,4-18H2,1-3H3. The lowest BCUT2D eigenvalue weighted by Crippen LogP contribution is -2.20. The summed E-state index contributed by atoms with van der Waals surface area (Å²) in [6, 6.07) is 0. The molecule has 5 nitrogen and oxygen atoms in total. The number of aliphatic hydroxyl groups excluding tert-OH is 1. The van der Waals surface area contributed by atoms with E-state index in [1.807, 2.05) is 13.8 Å². The van der Waals surface area contributed by atoms with Crippen molar-refractivity contribution in [3.63, 3.8) is 0 Å². The number of carbonyl (C=O) groups excluding carboxylic acids is 2. The smallest absolute Gasteiger partial charge is 0.346 e. The molecule has 0 bridgehead atoms. The second-order valence-corrected chi connectivity index (χ2v) is 8.40. The van der Waals surface area contributed by atoms with Crippen molar-refractivity contribution in [1.82, 2.24) is 0 Å². The van der Waals surface area contributed by atoms with E-state index in [9.17, 15) is 14.7 Å². The van der Waals surface area contributed by atoms with Crippen molar-refractivity contribution in [3.05, 3.63) is 11.3 Å². The van der Waals surface area contributed by atoms with Gasteiger partial charge < -0.3 is 14.6 Å². The minimum atomic E-state index is -0.851. The Morgan fingerprint density at radius 1 is 0.931 bits per heavy atom. The average Bonchev–Trinajstić information content (AvgIpc) is 2.99. The van der Waals surface area contributed by atoms with Crippen LogP contribution in [0.1, 0.15) is 111 Å². The van der Waals surface area contributed by atoms with E-state index in [1.54, 1.807) is 0 Å². The minimum Gasteiger partial charge on any atom is -0.490 e. The maximum absolute atomic E-state index is 12.5. The van der Waals surface area contributed by atoms with Crippen LogP contribution >= 0.6 is 0 Å². The van der Waals surface area contributed by atoms with Crippen molar-refractivity contribution in [2.75, 3.05) is 6.61 Å². The molecule has 1 heterocycles. The van der Waals surface area contributed by atoms with Crippen LogP contribution in [-0.4, -0.2) is 35.7 Å². The second kappa shape index (κ2) is 15.5. The lowest BCUT2D eigenvalue weighted by atomic mass is 10.0. The number of rotatable bonds is 18. The monoisotopic (exact) mass is 410 g/mol. The number of unbranched alkanes of at least 4 members (excludes halogenated alkanes) is 12. The van der Waals surface area contributed by atoms with Crippen LogP contribution in [0.15, 0.2) is 11.3 Å². The Hall–Kier alpha value is -1.36.